The average molecular weight is 753 g/mol. The van der Waals surface area contributed by atoms with Crippen molar-refractivity contribution in [3.8, 4) is 33.5 Å². The molecule has 0 unspecified atom stereocenters. The first kappa shape index (κ1) is 34.2. The highest BCUT2D eigenvalue weighted by Crippen LogP contribution is 2.51. The van der Waals surface area contributed by atoms with Crippen LogP contribution in [0.15, 0.2) is 180 Å². The van der Waals surface area contributed by atoms with Gasteiger partial charge in [0, 0.05) is 49.7 Å². The van der Waals surface area contributed by atoms with Crippen molar-refractivity contribution < 1.29 is 0 Å². The molecule has 1 aromatic heterocycles. The Morgan fingerprint density at radius 1 is 0.614 bits per heavy atom. The minimum atomic E-state index is 0.991. The molecule has 2 nitrogen and oxygen atoms in total. The van der Waals surface area contributed by atoms with Gasteiger partial charge in [-0.1, -0.05) is 116 Å². The highest BCUT2D eigenvalue weighted by molar-refractivity contribution is 7.99. The van der Waals surface area contributed by atoms with Crippen molar-refractivity contribution >= 4 is 45.2 Å². The van der Waals surface area contributed by atoms with Gasteiger partial charge in [0.05, 0.1) is 5.69 Å². The number of allylic oxidation sites excluding steroid dienone is 12. The molecular weight excluding hydrogens is 709 g/mol. The number of nitrogens with zero attached hydrogens (tertiary/aromatic N) is 1. The van der Waals surface area contributed by atoms with Crippen LogP contribution in [0.2, 0.25) is 0 Å². The number of aromatic amines is 1. The number of aryl methyl sites for hydroxylation is 1. The van der Waals surface area contributed by atoms with E-state index in [9.17, 15) is 0 Å². The van der Waals surface area contributed by atoms with E-state index in [4.69, 9.17) is 0 Å². The lowest BCUT2D eigenvalue weighted by Gasteiger charge is -2.31. The maximum absolute atomic E-state index is 4.40. The molecule has 0 bridgehead atoms. The Hall–Kier alpha value is -6.03. The largest absolute Gasteiger partial charge is 0.354 e. The van der Waals surface area contributed by atoms with E-state index in [0.29, 0.717) is 0 Å². The van der Waals surface area contributed by atoms with Crippen LogP contribution in [0.1, 0.15) is 60.8 Å². The normalized spacial score (nSPS) is 17.4. The van der Waals surface area contributed by atoms with Crippen molar-refractivity contribution in [1.29, 1.82) is 0 Å². The van der Waals surface area contributed by atoms with Crippen molar-refractivity contribution in [2.24, 2.45) is 0 Å². The van der Waals surface area contributed by atoms with Gasteiger partial charge in [0.2, 0.25) is 0 Å². The summed E-state index contributed by atoms with van der Waals surface area (Å²) < 4.78 is 0. The first-order valence-corrected chi connectivity index (χ1v) is 21.5. The Balaban J connectivity index is 0.938. The third-order valence-corrected chi connectivity index (χ3v) is 13.5. The smallest absolute Gasteiger partial charge is 0.0551 e. The number of nitrogens with one attached hydrogen (secondary N) is 1. The number of rotatable bonds is 6. The van der Waals surface area contributed by atoms with Crippen LogP contribution in [-0.2, 0) is 6.42 Å². The van der Waals surface area contributed by atoms with Crippen LogP contribution >= 0.6 is 11.8 Å². The Kier molecular flexibility index (Phi) is 8.51. The quantitative estimate of drug-likeness (QED) is 0.182. The van der Waals surface area contributed by atoms with Gasteiger partial charge in [-0.3, -0.25) is 0 Å². The third kappa shape index (κ3) is 6.04. The minimum absolute atomic E-state index is 0.991. The lowest BCUT2D eigenvalue weighted by Crippen LogP contribution is -2.18. The first-order chi connectivity index (χ1) is 28.2. The molecule has 4 aliphatic carbocycles. The Morgan fingerprint density at radius 3 is 2.28 bits per heavy atom. The summed E-state index contributed by atoms with van der Waals surface area (Å²) in [7, 11) is 0. The summed E-state index contributed by atoms with van der Waals surface area (Å²) in [4.78, 5) is 7.58. The molecule has 0 saturated carbocycles. The molecule has 5 aliphatic rings. The number of aromatic nitrogens is 1. The standard InChI is InChI=1S/C54H44N2S/c1-35-10-5-6-31-57-51-34-45(28-29-46(35)51)56(43-26-23-37(24-27-43)36-11-3-2-4-12-36)44-16-7-15-41(32-44)38-19-21-39(22-20-38)42-25-30-50-49(33-42)53-47-17-8-13-40-14-9-18-48(52(40)47)54(53)55-50/h2-3,5,7,9-11,14-23,25-26,28-30,32-34,55H,1,4,6,8,12-13,24,27,31H2/b10-5-. The number of hydrogen-bond acceptors (Lipinski definition) is 2. The number of anilines is 2. The van der Waals surface area contributed by atoms with Gasteiger partial charge in [-0.25, -0.2) is 0 Å². The molecule has 2 heterocycles. The lowest BCUT2D eigenvalue weighted by atomic mass is 9.89. The molecule has 5 aromatic carbocycles. The Labute approximate surface area is 340 Å². The van der Waals surface area contributed by atoms with Gasteiger partial charge >= 0.3 is 0 Å². The van der Waals surface area contributed by atoms with Crippen molar-refractivity contribution in [1.82, 2.24) is 4.98 Å². The van der Waals surface area contributed by atoms with Crippen molar-refractivity contribution in [2.45, 2.75) is 49.8 Å². The lowest BCUT2D eigenvalue weighted by molar-refractivity contribution is 0.850. The fraction of sp³-hybridized carbons (Fsp3) is 0.148. The molecule has 0 fully saturated rings. The highest BCUT2D eigenvalue weighted by atomic mass is 32.2. The monoisotopic (exact) mass is 752 g/mol. The second-order valence-electron chi connectivity index (χ2n) is 15.8. The van der Waals surface area contributed by atoms with Crippen LogP contribution in [-0.4, -0.2) is 10.7 Å². The van der Waals surface area contributed by atoms with Crippen molar-refractivity contribution in [2.75, 3.05) is 10.7 Å². The van der Waals surface area contributed by atoms with Gasteiger partial charge in [-0.05, 0) is 149 Å². The van der Waals surface area contributed by atoms with Gasteiger partial charge < -0.3 is 9.88 Å². The van der Waals surface area contributed by atoms with E-state index in [0.717, 1.165) is 56.3 Å². The van der Waals surface area contributed by atoms with E-state index in [1.165, 1.54) is 105 Å². The van der Waals surface area contributed by atoms with Crippen molar-refractivity contribution in [3.63, 3.8) is 0 Å². The van der Waals surface area contributed by atoms with Crippen LogP contribution in [0.25, 0.3) is 55.6 Å². The van der Waals surface area contributed by atoms with E-state index >= 15 is 0 Å². The minimum Gasteiger partial charge on any atom is -0.354 e. The second kappa shape index (κ2) is 14.2. The zero-order valence-electron chi connectivity index (χ0n) is 32.2. The molecule has 0 atom stereocenters. The average Bonchev–Trinajstić information content (AvgIpc) is 3.79. The highest BCUT2D eigenvalue weighted by Gasteiger charge is 2.31. The summed E-state index contributed by atoms with van der Waals surface area (Å²) in [6, 6.07) is 38.9. The van der Waals surface area contributed by atoms with Crippen molar-refractivity contribution in [3.05, 3.63) is 197 Å². The fourth-order valence-corrected chi connectivity index (χ4v) is 10.6. The zero-order chi connectivity index (χ0) is 37.9. The maximum Gasteiger partial charge on any atom is 0.0551 e. The predicted molar refractivity (Wildman–Crippen MR) is 244 cm³/mol. The summed E-state index contributed by atoms with van der Waals surface area (Å²) in [5, 5.41) is 1.31. The van der Waals surface area contributed by atoms with Crippen LogP contribution in [0.4, 0.5) is 11.4 Å². The topological polar surface area (TPSA) is 19.0 Å². The fourth-order valence-electron chi connectivity index (χ4n) is 9.59. The molecule has 57 heavy (non-hydrogen) atoms. The molecule has 276 valence electrons. The summed E-state index contributed by atoms with van der Waals surface area (Å²) >= 11 is 1.94. The van der Waals surface area contributed by atoms with E-state index in [1.54, 1.807) is 0 Å². The van der Waals surface area contributed by atoms with Gasteiger partial charge in [0.1, 0.15) is 0 Å². The molecule has 1 N–H and O–H groups in total. The number of thioether (sulfide) groups is 1. The van der Waals surface area contributed by atoms with Crippen LogP contribution in [0, 0.1) is 0 Å². The zero-order valence-corrected chi connectivity index (χ0v) is 33.0. The molecule has 6 aromatic rings. The molecular formula is C54H44N2S. The maximum atomic E-state index is 4.40. The number of H-pyrrole nitrogens is 1. The van der Waals surface area contributed by atoms with Gasteiger partial charge in [-0.2, -0.15) is 0 Å². The molecule has 0 spiro atoms. The van der Waals surface area contributed by atoms with E-state index in [2.05, 4.69) is 168 Å². The molecule has 0 amide bonds. The number of hydrogen-bond donors (Lipinski definition) is 1. The van der Waals surface area contributed by atoms with E-state index < -0.39 is 0 Å². The van der Waals surface area contributed by atoms with E-state index in [-0.39, 0.29) is 0 Å². The third-order valence-electron chi connectivity index (χ3n) is 12.4. The molecule has 1 aliphatic heterocycles. The summed E-state index contributed by atoms with van der Waals surface area (Å²) in [5.41, 5.74) is 23.4. The number of benzene rings is 5. The Bertz CT molecular complexity index is 2830. The SMILES string of the molecule is C=C1/C=C\CCSc2cc(N(C3=CC=C(C4=CC=CCC4)CC3)c3cccc(-c4ccc(-c5ccc6[nH]c7c(c6c5)C5=CCCc6cccc-7c65)cc4)c3)ccc21. The van der Waals surface area contributed by atoms with Crippen LogP contribution in [0.3, 0.4) is 0 Å². The first-order valence-electron chi connectivity index (χ1n) is 20.5. The number of fused-ring (bicyclic) bond motifs is 6. The van der Waals surface area contributed by atoms with Crippen LogP contribution in [0.5, 0.6) is 0 Å². The van der Waals surface area contributed by atoms with Gasteiger partial charge in [0.15, 0.2) is 0 Å². The molecule has 0 radical (unpaired) electrons. The second-order valence-corrected chi connectivity index (χ2v) is 17.0. The van der Waals surface area contributed by atoms with Gasteiger partial charge in [0.25, 0.3) is 0 Å². The summed E-state index contributed by atoms with van der Waals surface area (Å²) in [5.74, 6) is 1.07. The van der Waals surface area contributed by atoms with E-state index in [1.807, 2.05) is 11.8 Å². The van der Waals surface area contributed by atoms with Crippen LogP contribution < -0.4 is 4.90 Å². The summed E-state index contributed by atoms with van der Waals surface area (Å²) in [6.07, 6.45) is 26.0. The predicted octanol–water partition coefficient (Wildman–Crippen LogP) is 14.9. The summed E-state index contributed by atoms with van der Waals surface area (Å²) in [6.45, 7) is 4.40. The molecule has 3 heteroatoms. The van der Waals surface area contributed by atoms with Gasteiger partial charge in [-0.15, -0.1) is 11.8 Å². The molecule has 11 rings (SSSR count). The Morgan fingerprint density at radius 2 is 1.44 bits per heavy atom. The molecule has 0 saturated heterocycles.